The molecular formula is C20H17FN4O2S. The highest BCUT2D eigenvalue weighted by molar-refractivity contribution is 7.80. The quantitative estimate of drug-likeness (QED) is 0.405. The summed E-state index contributed by atoms with van der Waals surface area (Å²) >= 11 is 5.64. The number of non-ortho nitro benzene ring substituents is 1. The van der Waals surface area contributed by atoms with Crippen LogP contribution in [0.25, 0.3) is 0 Å². The van der Waals surface area contributed by atoms with Gasteiger partial charge in [0.05, 0.1) is 11.0 Å². The second-order valence-electron chi connectivity index (χ2n) is 6.51. The number of hydrogen-bond acceptors (Lipinski definition) is 3. The molecule has 1 aliphatic rings. The van der Waals surface area contributed by atoms with Crippen molar-refractivity contribution in [3.63, 3.8) is 0 Å². The smallest absolute Gasteiger partial charge is 0.269 e. The van der Waals surface area contributed by atoms with Gasteiger partial charge in [0.1, 0.15) is 5.82 Å². The van der Waals surface area contributed by atoms with Crippen molar-refractivity contribution in [2.75, 3.05) is 11.9 Å². The third-order valence-corrected chi connectivity index (χ3v) is 5.15. The zero-order chi connectivity index (χ0) is 19.7. The first kappa shape index (κ1) is 18.1. The van der Waals surface area contributed by atoms with Gasteiger partial charge in [0.25, 0.3) is 5.69 Å². The fourth-order valence-corrected chi connectivity index (χ4v) is 3.77. The Morgan fingerprint density at radius 3 is 2.50 bits per heavy atom. The number of nitrogens with one attached hydrogen (secondary N) is 1. The molecule has 0 unspecified atom stereocenters. The number of rotatable bonds is 3. The molecule has 2 heterocycles. The summed E-state index contributed by atoms with van der Waals surface area (Å²) in [5, 5.41) is 14.7. The Balaban J connectivity index is 1.66. The highest BCUT2D eigenvalue weighted by Gasteiger charge is 2.30. The maximum absolute atomic E-state index is 13.2. The van der Waals surface area contributed by atoms with Crippen LogP contribution in [-0.4, -0.2) is 26.0 Å². The molecule has 0 saturated carbocycles. The maximum atomic E-state index is 13.2. The first-order valence-electron chi connectivity index (χ1n) is 8.75. The molecule has 1 aromatic heterocycles. The SMILES string of the molecule is O=[N+]([O-])c1ccc([C@@H]2c3cccn3CCN2C(=S)Nc2ccc(F)cc2)cc1. The first-order valence-corrected chi connectivity index (χ1v) is 9.16. The lowest BCUT2D eigenvalue weighted by Crippen LogP contribution is -2.44. The van der Waals surface area contributed by atoms with Gasteiger partial charge in [-0.25, -0.2) is 4.39 Å². The molecule has 6 nitrogen and oxygen atoms in total. The number of anilines is 1. The number of fused-ring (bicyclic) bond motifs is 1. The Morgan fingerprint density at radius 1 is 1.11 bits per heavy atom. The zero-order valence-electron chi connectivity index (χ0n) is 14.8. The summed E-state index contributed by atoms with van der Waals surface area (Å²) in [4.78, 5) is 12.6. The monoisotopic (exact) mass is 396 g/mol. The van der Waals surface area contributed by atoms with Crippen molar-refractivity contribution in [1.29, 1.82) is 0 Å². The summed E-state index contributed by atoms with van der Waals surface area (Å²) in [6.45, 7) is 1.45. The van der Waals surface area contributed by atoms with Crippen LogP contribution < -0.4 is 5.32 Å². The molecule has 142 valence electrons. The van der Waals surface area contributed by atoms with Crippen LogP contribution >= 0.6 is 12.2 Å². The average molecular weight is 396 g/mol. The number of nitro benzene ring substituents is 1. The van der Waals surface area contributed by atoms with Crippen molar-refractivity contribution in [3.8, 4) is 0 Å². The molecule has 1 atom stereocenters. The van der Waals surface area contributed by atoms with E-state index in [1.54, 1.807) is 24.3 Å². The Kier molecular flexibility index (Phi) is 4.79. The third-order valence-electron chi connectivity index (χ3n) is 4.81. The van der Waals surface area contributed by atoms with Crippen molar-refractivity contribution in [2.24, 2.45) is 0 Å². The molecule has 0 radical (unpaired) electrons. The van der Waals surface area contributed by atoms with Crippen molar-refractivity contribution < 1.29 is 9.31 Å². The van der Waals surface area contributed by atoms with Crippen molar-refractivity contribution in [2.45, 2.75) is 12.6 Å². The van der Waals surface area contributed by atoms with Crippen molar-refractivity contribution in [3.05, 3.63) is 94.0 Å². The molecule has 1 aliphatic heterocycles. The van der Waals surface area contributed by atoms with Gasteiger partial charge in [-0.05, 0) is 66.3 Å². The molecule has 0 bridgehead atoms. The minimum atomic E-state index is -0.411. The molecule has 0 amide bonds. The minimum absolute atomic E-state index is 0.0495. The molecule has 0 saturated heterocycles. The predicted octanol–water partition coefficient (Wildman–Crippen LogP) is 4.34. The number of hydrogen-bond donors (Lipinski definition) is 1. The standard InChI is InChI=1S/C20H17FN4O2S/c21-15-5-7-16(8-6-15)22-20(28)24-13-12-23-11-1-2-18(23)19(24)14-3-9-17(10-4-14)25(26)27/h1-11,19H,12-13H2,(H,22,28)/t19-/m1/s1. The molecule has 0 aliphatic carbocycles. The lowest BCUT2D eigenvalue weighted by atomic mass is 10.00. The highest BCUT2D eigenvalue weighted by atomic mass is 32.1. The van der Waals surface area contributed by atoms with Crippen LogP contribution in [0.4, 0.5) is 15.8 Å². The van der Waals surface area contributed by atoms with Gasteiger partial charge in [0, 0.05) is 42.8 Å². The Labute approximate surface area is 166 Å². The molecule has 4 rings (SSSR count). The van der Waals surface area contributed by atoms with E-state index in [-0.39, 0.29) is 17.5 Å². The van der Waals surface area contributed by atoms with Crippen LogP contribution in [0.1, 0.15) is 17.3 Å². The van der Waals surface area contributed by atoms with E-state index in [2.05, 4.69) is 14.8 Å². The van der Waals surface area contributed by atoms with E-state index in [1.165, 1.54) is 24.3 Å². The zero-order valence-corrected chi connectivity index (χ0v) is 15.6. The molecule has 28 heavy (non-hydrogen) atoms. The van der Waals surface area contributed by atoms with Crippen molar-refractivity contribution >= 4 is 28.7 Å². The fraction of sp³-hybridized carbons (Fsp3) is 0.150. The topological polar surface area (TPSA) is 63.3 Å². The van der Waals surface area contributed by atoms with Gasteiger partial charge in [0.15, 0.2) is 5.11 Å². The van der Waals surface area contributed by atoms with Gasteiger partial charge < -0.3 is 14.8 Å². The summed E-state index contributed by atoms with van der Waals surface area (Å²) in [5.74, 6) is -0.309. The minimum Gasteiger partial charge on any atom is -0.348 e. The number of halogens is 1. The second-order valence-corrected chi connectivity index (χ2v) is 6.89. The summed E-state index contributed by atoms with van der Waals surface area (Å²) in [6.07, 6.45) is 2.02. The van der Waals surface area contributed by atoms with Crippen LogP contribution in [0.3, 0.4) is 0 Å². The van der Waals surface area contributed by atoms with E-state index in [0.29, 0.717) is 17.3 Å². The summed E-state index contributed by atoms with van der Waals surface area (Å²) < 4.78 is 15.3. The number of nitro groups is 1. The Hall–Kier alpha value is -3.26. The third kappa shape index (κ3) is 3.46. The van der Waals surface area contributed by atoms with E-state index >= 15 is 0 Å². The van der Waals surface area contributed by atoms with E-state index in [9.17, 15) is 14.5 Å². The van der Waals surface area contributed by atoms with Gasteiger partial charge in [-0.2, -0.15) is 0 Å². The van der Waals surface area contributed by atoms with E-state index in [4.69, 9.17) is 12.2 Å². The molecule has 2 aromatic carbocycles. The van der Waals surface area contributed by atoms with Gasteiger partial charge in [-0.1, -0.05) is 0 Å². The predicted molar refractivity (Wildman–Crippen MR) is 109 cm³/mol. The summed E-state index contributed by atoms with van der Waals surface area (Å²) in [7, 11) is 0. The number of benzene rings is 2. The molecule has 0 spiro atoms. The van der Waals surface area contributed by atoms with Crippen LogP contribution in [0.15, 0.2) is 66.9 Å². The highest BCUT2D eigenvalue weighted by Crippen LogP contribution is 2.33. The van der Waals surface area contributed by atoms with E-state index < -0.39 is 4.92 Å². The largest absolute Gasteiger partial charge is 0.348 e. The number of nitrogens with zero attached hydrogens (tertiary/aromatic N) is 3. The second kappa shape index (κ2) is 7.40. The van der Waals surface area contributed by atoms with Gasteiger partial charge >= 0.3 is 0 Å². The van der Waals surface area contributed by atoms with E-state index in [0.717, 1.165) is 17.8 Å². The molecule has 1 N–H and O–H groups in total. The normalized spacial score (nSPS) is 15.8. The van der Waals surface area contributed by atoms with E-state index in [1.807, 2.05) is 18.3 Å². The summed E-state index contributed by atoms with van der Waals surface area (Å²) in [6, 6.07) is 16.4. The molecular weight excluding hydrogens is 379 g/mol. The first-order chi connectivity index (χ1) is 13.5. The average Bonchev–Trinajstić information content (AvgIpc) is 3.18. The van der Waals surface area contributed by atoms with Crippen molar-refractivity contribution in [1.82, 2.24) is 9.47 Å². The molecule has 8 heteroatoms. The number of aromatic nitrogens is 1. The Morgan fingerprint density at radius 2 is 1.82 bits per heavy atom. The van der Waals surface area contributed by atoms with Crippen LogP contribution in [-0.2, 0) is 6.54 Å². The van der Waals surface area contributed by atoms with Gasteiger partial charge in [-0.15, -0.1) is 0 Å². The van der Waals surface area contributed by atoms with Crippen LogP contribution in [0.5, 0.6) is 0 Å². The maximum Gasteiger partial charge on any atom is 0.269 e. The van der Waals surface area contributed by atoms with Gasteiger partial charge in [-0.3, -0.25) is 10.1 Å². The van der Waals surface area contributed by atoms with Gasteiger partial charge in [0.2, 0.25) is 0 Å². The lowest BCUT2D eigenvalue weighted by Gasteiger charge is -2.39. The van der Waals surface area contributed by atoms with Crippen LogP contribution in [0, 0.1) is 15.9 Å². The molecule has 3 aromatic rings. The fourth-order valence-electron chi connectivity index (χ4n) is 3.46. The lowest BCUT2D eigenvalue weighted by molar-refractivity contribution is -0.384. The number of thiocarbonyl (C=S) groups is 1. The summed E-state index contributed by atoms with van der Waals surface area (Å²) in [5.41, 5.74) is 2.72. The molecule has 0 fully saturated rings. The Bertz CT molecular complexity index is 1020. The van der Waals surface area contributed by atoms with Crippen LogP contribution in [0.2, 0.25) is 0 Å².